The number of aromatic nitrogens is 3. The summed E-state index contributed by atoms with van der Waals surface area (Å²) in [5, 5.41) is 2.44. The molecule has 1 aliphatic heterocycles. The van der Waals surface area contributed by atoms with Crippen molar-refractivity contribution in [2.45, 2.75) is 38.3 Å². The van der Waals surface area contributed by atoms with Gasteiger partial charge in [0.1, 0.15) is 5.69 Å². The SMILES string of the molecule is C[C@H](N)[C@H]1CCCCN1C(=O)c1csc(-c2ncccn2)n1. The highest BCUT2D eigenvalue weighted by atomic mass is 32.1. The molecule has 1 fully saturated rings. The number of carbonyl (C=O) groups is 1. The Morgan fingerprint density at radius 2 is 2.18 bits per heavy atom. The Hall–Kier alpha value is -1.86. The van der Waals surface area contributed by atoms with E-state index in [9.17, 15) is 4.79 Å². The van der Waals surface area contributed by atoms with E-state index in [-0.39, 0.29) is 18.0 Å². The quantitative estimate of drug-likeness (QED) is 0.935. The molecule has 1 amide bonds. The van der Waals surface area contributed by atoms with E-state index in [0.29, 0.717) is 16.5 Å². The van der Waals surface area contributed by atoms with E-state index in [2.05, 4.69) is 15.0 Å². The summed E-state index contributed by atoms with van der Waals surface area (Å²) < 4.78 is 0. The standard InChI is InChI=1S/C15H19N5OS/c1-10(16)12-5-2-3-8-20(12)15(21)11-9-22-14(19-11)13-17-6-4-7-18-13/h4,6-7,9-10,12H,2-3,5,8,16H2,1H3/t10-,12+/m0/s1. The summed E-state index contributed by atoms with van der Waals surface area (Å²) in [5.41, 5.74) is 6.50. The molecule has 1 aliphatic rings. The number of nitrogens with two attached hydrogens (primary N) is 1. The second kappa shape index (κ2) is 6.50. The zero-order valence-electron chi connectivity index (χ0n) is 12.5. The molecular formula is C15H19N5OS. The third-order valence-corrected chi connectivity index (χ3v) is 4.74. The van der Waals surface area contributed by atoms with E-state index in [1.54, 1.807) is 23.8 Å². The monoisotopic (exact) mass is 317 g/mol. The predicted molar refractivity (Wildman–Crippen MR) is 85.5 cm³/mol. The number of thiazole rings is 1. The van der Waals surface area contributed by atoms with Crippen molar-refractivity contribution in [2.24, 2.45) is 5.73 Å². The molecule has 6 nitrogen and oxygen atoms in total. The first-order valence-electron chi connectivity index (χ1n) is 7.46. The lowest BCUT2D eigenvalue weighted by Gasteiger charge is -2.37. The third-order valence-electron chi connectivity index (χ3n) is 3.90. The summed E-state index contributed by atoms with van der Waals surface area (Å²) in [7, 11) is 0. The third kappa shape index (κ3) is 3.00. The van der Waals surface area contributed by atoms with Gasteiger partial charge in [-0.15, -0.1) is 11.3 Å². The number of hydrogen-bond acceptors (Lipinski definition) is 6. The first-order chi connectivity index (χ1) is 10.7. The van der Waals surface area contributed by atoms with Crippen LogP contribution in [-0.4, -0.2) is 44.4 Å². The number of piperidine rings is 1. The number of amides is 1. The number of nitrogens with zero attached hydrogens (tertiary/aromatic N) is 4. The highest BCUT2D eigenvalue weighted by molar-refractivity contribution is 7.13. The number of rotatable bonds is 3. The minimum Gasteiger partial charge on any atom is -0.333 e. The summed E-state index contributed by atoms with van der Waals surface area (Å²) in [4.78, 5) is 27.4. The highest BCUT2D eigenvalue weighted by Crippen LogP contribution is 2.24. The van der Waals surface area contributed by atoms with Crippen molar-refractivity contribution in [3.8, 4) is 10.8 Å². The summed E-state index contributed by atoms with van der Waals surface area (Å²) in [6, 6.07) is 1.82. The molecule has 22 heavy (non-hydrogen) atoms. The Kier molecular flexibility index (Phi) is 4.44. The second-order valence-corrected chi connectivity index (χ2v) is 6.39. The fraction of sp³-hybridized carbons (Fsp3) is 0.467. The van der Waals surface area contributed by atoms with Crippen molar-refractivity contribution in [3.63, 3.8) is 0 Å². The van der Waals surface area contributed by atoms with Gasteiger partial charge < -0.3 is 10.6 Å². The maximum absolute atomic E-state index is 12.7. The molecule has 0 saturated carbocycles. The van der Waals surface area contributed by atoms with E-state index >= 15 is 0 Å². The van der Waals surface area contributed by atoms with Gasteiger partial charge in [0.05, 0.1) is 0 Å². The molecule has 2 aromatic heterocycles. The maximum Gasteiger partial charge on any atom is 0.273 e. The zero-order valence-corrected chi connectivity index (χ0v) is 13.3. The van der Waals surface area contributed by atoms with Crippen molar-refractivity contribution in [2.75, 3.05) is 6.54 Å². The average molecular weight is 317 g/mol. The van der Waals surface area contributed by atoms with Crippen LogP contribution >= 0.6 is 11.3 Å². The largest absolute Gasteiger partial charge is 0.333 e. The van der Waals surface area contributed by atoms with E-state index in [4.69, 9.17) is 5.73 Å². The molecule has 2 aromatic rings. The molecule has 2 atom stereocenters. The predicted octanol–water partition coefficient (Wildman–Crippen LogP) is 1.94. The van der Waals surface area contributed by atoms with Gasteiger partial charge in [0.25, 0.3) is 5.91 Å². The van der Waals surface area contributed by atoms with Crippen LogP contribution in [0.5, 0.6) is 0 Å². The van der Waals surface area contributed by atoms with Crippen LogP contribution < -0.4 is 5.73 Å². The van der Waals surface area contributed by atoms with Gasteiger partial charge in [0, 0.05) is 36.4 Å². The molecule has 2 N–H and O–H groups in total. The topological polar surface area (TPSA) is 85.0 Å². The average Bonchev–Trinajstić information content (AvgIpc) is 3.05. The van der Waals surface area contributed by atoms with Gasteiger partial charge in [-0.2, -0.15) is 0 Å². The van der Waals surface area contributed by atoms with E-state index in [1.165, 1.54) is 11.3 Å². The Balaban J connectivity index is 1.82. The smallest absolute Gasteiger partial charge is 0.273 e. The van der Waals surface area contributed by atoms with E-state index in [0.717, 1.165) is 25.8 Å². The molecule has 7 heteroatoms. The lowest BCUT2D eigenvalue weighted by molar-refractivity contribution is 0.0578. The van der Waals surface area contributed by atoms with Gasteiger partial charge in [-0.3, -0.25) is 4.79 Å². The van der Waals surface area contributed by atoms with Gasteiger partial charge in [0.2, 0.25) is 0 Å². The van der Waals surface area contributed by atoms with Gasteiger partial charge >= 0.3 is 0 Å². The maximum atomic E-state index is 12.7. The second-order valence-electron chi connectivity index (χ2n) is 5.53. The van der Waals surface area contributed by atoms with Gasteiger partial charge in [-0.05, 0) is 32.3 Å². The Bertz CT molecular complexity index is 642. The number of carbonyl (C=O) groups excluding carboxylic acids is 1. The zero-order chi connectivity index (χ0) is 15.5. The molecule has 0 radical (unpaired) electrons. The highest BCUT2D eigenvalue weighted by Gasteiger charge is 2.31. The van der Waals surface area contributed by atoms with Gasteiger partial charge in [-0.1, -0.05) is 0 Å². The van der Waals surface area contributed by atoms with Crippen molar-refractivity contribution in [1.29, 1.82) is 0 Å². The summed E-state index contributed by atoms with van der Waals surface area (Å²) >= 11 is 1.39. The van der Waals surface area contributed by atoms with Crippen LogP contribution in [0.25, 0.3) is 10.8 Å². The Labute approximate surface area is 133 Å². The lowest BCUT2D eigenvalue weighted by Crippen LogP contribution is -2.51. The Morgan fingerprint density at radius 3 is 2.91 bits per heavy atom. The first kappa shape index (κ1) is 15.1. The summed E-state index contributed by atoms with van der Waals surface area (Å²) in [6.45, 7) is 2.71. The minimum absolute atomic E-state index is 0.0280. The van der Waals surface area contributed by atoms with Crippen molar-refractivity contribution >= 4 is 17.2 Å². The minimum atomic E-state index is -0.0413. The van der Waals surface area contributed by atoms with Crippen LogP contribution in [0.15, 0.2) is 23.8 Å². The van der Waals surface area contributed by atoms with Crippen LogP contribution in [0.3, 0.4) is 0 Å². The van der Waals surface area contributed by atoms with E-state index < -0.39 is 0 Å². The van der Waals surface area contributed by atoms with Gasteiger partial charge in [0.15, 0.2) is 10.8 Å². The van der Waals surface area contributed by atoms with Crippen molar-refractivity contribution in [1.82, 2.24) is 19.9 Å². The fourth-order valence-electron chi connectivity index (χ4n) is 2.79. The molecule has 0 bridgehead atoms. The normalized spacial score (nSPS) is 19.9. The van der Waals surface area contributed by atoms with Crippen LogP contribution in [0.2, 0.25) is 0 Å². The fourth-order valence-corrected chi connectivity index (χ4v) is 3.53. The molecule has 0 spiro atoms. The van der Waals surface area contributed by atoms with Crippen molar-refractivity contribution in [3.05, 3.63) is 29.5 Å². The molecule has 1 saturated heterocycles. The van der Waals surface area contributed by atoms with E-state index in [1.807, 2.05) is 11.8 Å². The summed E-state index contributed by atoms with van der Waals surface area (Å²) in [6.07, 6.45) is 6.44. The molecular weight excluding hydrogens is 298 g/mol. The molecule has 0 aromatic carbocycles. The Morgan fingerprint density at radius 1 is 1.41 bits per heavy atom. The van der Waals surface area contributed by atoms with Crippen molar-refractivity contribution < 1.29 is 4.79 Å². The van der Waals surface area contributed by atoms with Gasteiger partial charge in [-0.25, -0.2) is 15.0 Å². The molecule has 116 valence electrons. The number of likely N-dealkylation sites (tertiary alicyclic amines) is 1. The number of hydrogen-bond donors (Lipinski definition) is 1. The van der Waals surface area contributed by atoms with Crippen LogP contribution in [-0.2, 0) is 0 Å². The van der Waals surface area contributed by atoms with Crippen LogP contribution in [0, 0.1) is 0 Å². The van der Waals surface area contributed by atoms with Crippen LogP contribution in [0.4, 0.5) is 0 Å². The van der Waals surface area contributed by atoms with Crippen LogP contribution in [0.1, 0.15) is 36.7 Å². The first-order valence-corrected chi connectivity index (χ1v) is 8.34. The molecule has 0 aliphatic carbocycles. The lowest BCUT2D eigenvalue weighted by atomic mass is 9.96. The molecule has 3 rings (SSSR count). The molecule has 0 unspecified atom stereocenters. The summed E-state index contributed by atoms with van der Waals surface area (Å²) in [5.74, 6) is 0.509. The molecule has 3 heterocycles.